The summed E-state index contributed by atoms with van der Waals surface area (Å²) in [4.78, 5) is 25.9. The first-order valence-corrected chi connectivity index (χ1v) is 9.08. The van der Waals surface area contributed by atoms with Crippen LogP contribution in [0.25, 0.3) is 11.6 Å². The number of anilines is 2. The molecule has 1 aliphatic heterocycles. The maximum atomic E-state index is 12.5. The Balaban J connectivity index is 1.68. The molecule has 1 aliphatic rings. The van der Waals surface area contributed by atoms with E-state index in [9.17, 15) is 9.59 Å². The van der Waals surface area contributed by atoms with Crippen LogP contribution in [0.1, 0.15) is 26.4 Å². The summed E-state index contributed by atoms with van der Waals surface area (Å²) >= 11 is 1.59. The fraction of sp³-hybridized carbons (Fsp3) is 0.0476. The molecule has 2 aromatic carbocycles. The Kier molecular flexibility index (Phi) is 4.14. The van der Waals surface area contributed by atoms with Crippen molar-refractivity contribution in [2.75, 3.05) is 10.6 Å². The summed E-state index contributed by atoms with van der Waals surface area (Å²) in [5, 5.41) is 7.73. The predicted molar refractivity (Wildman–Crippen MR) is 106 cm³/mol. The Morgan fingerprint density at radius 3 is 2.65 bits per heavy atom. The van der Waals surface area contributed by atoms with Crippen molar-refractivity contribution in [1.82, 2.24) is 0 Å². The zero-order valence-corrected chi connectivity index (χ0v) is 14.9. The molecule has 2 N–H and O–H groups in total. The lowest BCUT2D eigenvalue weighted by Gasteiger charge is -2.07. The number of nitrogens with one attached hydrogen (secondary N) is 2. The second kappa shape index (κ2) is 6.61. The highest BCUT2D eigenvalue weighted by Crippen LogP contribution is 2.35. The minimum absolute atomic E-state index is 0.145. The molecule has 0 fully saturated rings. The Labute approximate surface area is 155 Å². The molecule has 0 aliphatic carbocycles. The molecule has 0 atom stereocenters. The largest absolute Gasteiger partial charge is 0.322 e. The number of hydrogen-bond donors (Lipinski definition) is 2. The normalized spacial score (nSPS) is 14.2. The van der Waals surface area contributed by atoms with Crippen LogP contribution in [0.15, 0.2) is 60.0 Å². The fourth-order valence-electron chi connectivity index (χ4n) is 2.86. The van der Waals surface area contributed by atoms with E-state index in [0.717, 1.165) is 27.4 Å². The number of thiophene rings is 1. The first kappa shape index (κ1) is 16.3. The van der Waals surface area contributed by atoms with Crippen LogP contribution < -0.4 is 10.6 Å². The third kappa shape index (κ3) is 3.05. The lowest BCUT2D eigenvalue weighted by Crippen LogP contribution is -2.11. The van der Waals surface area contributed by atoms with E-state index in [2.05, 4.69) is 10.6 Å². The molecule has 5 heteroatoms. The van der Waals surface area contributed by atoms with Crippen LogP contribution in [0, 0.1) is 6.92 Å². The summed E-state index contributed by atoms with van der Waals surface area (Å²) in [5.41, 5.74) is 4.44. The van der Waals surface area contributed by atoms with Gasteiger partial charge in [0.25, 0.3) is 11.8 Å². The molecule has 0 saturated heterocycles. The van der Waals surface area contributed by atoms with Gasteiger partial charge in [-0.05, 0) is 60.3 Å². The van der Waals surface area contributed by atoms with E-state index in [1.165, 1.54) is 0 Å². The molecule has 0 saturated carbocycles. The van der Waals surface area contributed by atoms with Crippen LogP contribution in [0.3, 0.4) is 0 Å². The van der Waals surface area contributed by atoms with Gasteiger partial charge in [-0.3, -0.25) is 9.59 Å². The van der Waals surface area contributed by atoms with Crippen molar-refractivity contribution in [2.24, 2.45) is 0 Å². The third-order valence-corrected chi connectivity index (χ3v) is 5.24. The number of hydrogen-bond acceptors (Lipinski definition) is 3. The van der Waals surface area contributed by atoms with E-state index in [0.29, 0.717) is 11.1 Å². The topological polar surface area (TPSA) is 58.2 Å². The average molecular weight is 360 g/mol. The Morgan fingerprint density at radius 1 is 1.12 bits per heavy atom. The highest BCUT2D eigenvalue weighted by Gasteiger charge is 2.25. The minimum atomic E-state index is -0.204. The van der Waals surface area contributed by atoms with Gasteiger partial charge in [0.2, 0.25) is 0 Å². The molecule has 4 rings (SSSR count). The summed E-state index contributed by atoms with van der Waals surface area (Å²) in [6.07, 6.45) is 1.89. The van der Waals surface area contributed by atoms with Crippen molar-refractivity contribution in [3.63, 3.8) is 0 Å². The number of carbonyl (C=O) groups excluding carboxylic acids is 2. The summed E-state index contributed by atoms with van der Waals surface area (Å²) < 4.78 is 0. The van der Waals surface area contributed by atoms with Crippen LogP contribution in [0.4, 0.5) is 11.4 Å². The van der Waals surface area contributed by atoms with Gasteiger partial charge in [-0.1, -0.05) is 18.2 Å². The molecule has 128 valence electrons. The van der Waals surface area contributed by atoms with Gasteiger partial charge in [-0.25, -0.2) is 0 Å². The molecule has 1 aromatic heterocycles. The van der Waals surface area contributed by atoms with Crippen molar-refractivity contribution >= 4 is 46.2 Å². The molecule has 2 amide bonds. The van der Waals surface area contributed by atoms with Crippen LogP contribution in [0.2, 0.25) is 0 Å². The van der Waals surface area contributed by atoms with Crippen LogP contribution >= 0.6 is 11.3 Å². The summed E-state index contributed by atoms with van der Waals surface area (Å²) in [5.74, 6) is -0.349. The number of aryl methyl sites for hydroxylation is 1. The van der Waals surface area contributed by atoms with E-state index < -0.39 is 0 Å². The zero-order valence-electron chi connectivity index (χ0n) is 14.1. The molecule has 2 heterocycles. The molecule has 4 nitrogen and oxygen atoms in total. The lowest BCUT2D eigenvalue weighted by molar-refractivity contribution is -0.110. The first-order valence-electron chi connectivity index (χ1n) is 8.20. The summed E-state index contributed by atoms with van der Waals surface area (Å²) in [6.45, 7) is 2.01. The van der Waals surface area contributed by atoms with E-state index in [-0.39, 0.29) is 11.8 Å². The van der Waals surface area contributed by atoms with Crippen molar-refractivity contribution in [3.05, 3.63) is 81.5 Å². The summed E-state index contributed by atoms with van der Waals surface area (Å²) in [6, 6.07) is 16.6. The van der Waals surface area contributed by atoms with E-state index >= 15 is 0 Å². The monoisotopic (exact) mass is 360 g/mol. The molecule has 26 heavy (non-hydrogen) atoms. The van der Waals surface area contributed by atoms with Gasteiger partial charge in [0.05, 0.1) is 5.57 Å². The van der Waals surface area contributed by atoms with Gasteiger partial charge in [0, 0.05) is 27.4 Å². The Bertz CT molecular complexity index is 1040. The number of amides is 2. The second-order valence-electron chi connectivity index (χ2n) is 6.06. The van der Waals surface area contributed by atoms with Gasteiger partial charge in [-0.15, -0.1) is 11.3 Å². The predicted octanol–water partition coefficient (Wildman–Crippen LogP) is 4.80. The van der Waals surface area contributed by atoms with E-state index in [1.54, 1.807) is 29.5 Å². The summed E-state index contributed by atoms with van der Waals surface area (Å²) in [7, 11) is 0. The second-order valence-corrected chi connectivity index (χ2v) is 7.01. The number of para-hydroxylation sites is 1. The van der Waals surface area contributed by atoms with Crippen molar-refractivity contribution in [2.45, 2.75) is 6.92 Å². The van der Waals surface area contributed by atoms with Crippen LogP contribution in [-0.4, -0.2) is 11.8 Å². The fourth-order valence-corrected chi connectivity index (χ4v) is 3.72. The quantitative estimate of drug-likeness (QED) is 0.659. The smallest absolute Gasteiger partial charge is 0.256 e. The highest BCUT2D eigenvalue weighted by molar-refractivity contribution is 7.11. The van der Waals surface area contributed by atoms with Gasteiger partial charge in [0.15, 0.2) is 0 Å². The van der Waals surface area contributed by atoms with Gasteiger partial charge in [-0.2, -0.15) is 0 Å². The first-order chi connectivity index (χ1) is 12.6. The molecular weight excluding hydrogens is 344 g/mol. The molecule has 0 unspecified atom stereocenters. The van der Waals surface area contributed by atoms with E-state index in [4.69, 9.17) is 0 Å². The van der Waals surface area contributed by atoms with Crippen LogP contribution in [-0.2, 0) is 4.79 Å². The highest BCUT2D eigenvalue weighted by atomic mass is 32.1. The Hall–Kier alpha value is -3.18. The van der Waals surface area contributed by atoms with E-state index in [1.807, 2.05) is 54.8 Å². The van der Waals surface area contributed by atoms with Crippen LogP contribution in [0.5, 0.6) is 0 Å². The van der Waals surface area contributed by atoms with Gasteiger partial charge >= 0.3 is 0 Å². The molecular formula is C21H16N2O2S. The number of benzene rings is 2. The molecule has 3 aromatic rings. The number of carbonyl (C=O) groups is 2. The maximum absolute atomic E-state index is 12.5. The van der Waals surface area contributed by atoms with Gasteiger partial charge < -0.3 is 10.6 Å². The third-order valence-electron chi connectivity index (χ3n) is 4.27. The van der Waals surface area contributed by atoms with Crippen molar-refractivity contribution < 1.29 is 9.59 Å². The number of fused-ring (bicyclic) bond motifs is 1. The zero-order chi connectivity index (χ0) is 18.1. The molecule has 0 spiro atoms. The average Bonchev–Trinajstić information content (AvgIpc) is 3.19. The van der Waals surface area contributed by atoms with Gasteiger partial charge in [0.1, 0.15) is 0 Å². The minimum Gasteiger partial charge on any atom is -0.322 e. The molecule has 0 bridgehead atoms. The number of rotatable bonds is 3. The standard InChI is InChI=1S/C21H16N2O2S/c1-13-9-10-26-19(13)12-17-16-11-14(7-8-18(16)23-21(17)25)20(24)22-15-5-3-2-4-6-15/h2-12H,1H3,(H,22,24)(H,23,25). The Morgan fingerprint density at radius 2 is 1.92 bits per heavy atom. The molecule has 0 radical (unpaired) electrons. The maximum Gasteiger partial charge on any atom is 0.256 e. The lowest BCUT2D eigenvalue weighted by atomic mass is 10.0. The van der Waals surface area contributed by atoms with Crippen molar-refractivity contribution in [1.29, 1.82) is 0 Å². The SMILES string of the molecule is Cc1ccsc1C=C1C(=O)Nc2ccc(C(=O)Nc3ccccc3)cc21. The van der Waals surface area contributed by atoms with Crippen molar-refractivity contribution in [3.8, 4) is 0 Å².